The van der Waals surface area contributed by atoms with E-state index in [0.29, 0.717) is 0 Å². The molecule has 0 radical (unpaired) electrons. The molecule has 152 valence electrons. The van der Waals surface area contributed by atoms with Gasteiger partial charge in [0.15, 0.2) is 33.3 Å². The van der Waals surface area contributed by atoms with E-state index in [1.165, 1.54) is 0 Å². The summed E-state index contributed by atoms with van der Waals surface area (Å²) in [6.45, 7) is 22.3. The number of hydrogen-bond acceptors (Lipinski definition) is 7. The van der Waals surface area contributed by atoms with Crippen LogP contribution in [-0.2, 0) is 30.3 Å². The minimum atomic E-state index is -4.10. The smallest absolute Gasteiger partial charge is 0.330 e. The zero-order chi connectivity index (χ0) is 20.5. The maximum atomic E-state index is 13.3. The van der Waals surface area contributed by atoms with Crippen molar-refractivity contribution in [1.82, 2.24) is 0 Å². The summed E-state index contributed by atoms with van der Waals surface area (Å²) in [7, 11) is -17.4. The molecule has 0 saturated carbocycles. The van der Waals surface area contributed by atoms with Crippen LogP contribution in [0.3, 0.4) is 0 Å². The molecule has 0 aromatic carbocycles. The summed E-state index contributed by atoms with van der Waals surface area (Å²) in [4.78, 5) is 0. The van der Waals surface area contributed by atoms with E-state index in [9.17, 15) is 9.13 Å². The lowest BCUT2D eigenvalue weighted by molar-refractivity contribution is 0.239. The Morgan fingerprint density at radius 2 is 0.600 bits per heavy atom. The van der Waals surface area contributed by atoms with Crippen molar-refractivity contribution in [2.75, 3.05) is 0 Å². The van der Waals surface area contributed by atoms with Crippen LogP contribution in [0.1, 0.15) is 0 Å². The highest BCUT2D eigenvalue weighted by Crippen LogP contribution is 2.69. The maximum absolute atomic E-state index is 13.3. The van der Waals surface area contributed by atoms with Crippen LogP contribution in [0.4, 0.5) is 0 Å². The fourth-order valence-electron chi connectivity index (χ4n) is 1.57. The van der Waals surface area contributed by atoms with Crippen molar-refractivity contribution in [3.63, 3.8) is 0 Å². The molecule has 0 rings (SSSR count). The third kappa shape index (κ3) is 13.9. The first-order valence-corrected chi connectivity index (χ1v) is 24.8. The third-order valence-corrected chi connectivity index (χ3v) is 15.7. The Labute approximate surface area is 157 Å². The molecular formula is C12H36O7P2Si4. The Bertz CT molecular complexity index is 456. The molecule has 0 aliphatic carbocycles. The van der Waals surface area contributed by atoms with Gasteiger partial charge in [0, 0.05) is 0 Å². The molecule has 0 aliphatic rings. The van der Waals surface area contributed by atoms with Crippen LogP contribution < -0.4 is 0 Å². The summed E-state index contributed by atoms with van der Waals surface area (Å²) in [5, 5.41) is 0. The van der Waals surface area contributed by atoms with Crippen LogP contribution in [0.2, 0.25) is 78.6 Å². The molecule has 0 aliphatic heterocycles. The number of phosphoric acid groups is 2. The Kier molecular flexibility index (Phi) is 8.61. The molecule has 0 fully saturated rings. The van der Waals surface area contributed by atoms with Gasteiger partial charge in [-0.25, -0.2) is 9.13 Å². The Morgan fingerprint density at radius 1 is 0.440 bits per heavy atom. The van der Waals surface area contributed by atoms with Crippen LogP contribution in [0.25, 0.3) is 0 Å². The van der Waals surface area contributed by atoms with Crippen LogP contribution in [0, 0.1) is 0 Å². The molecule has 0 amide bonds. The van der Waals surface area contributed by atoms with Gasteiger partial charge in [-0.15, -0.1) is 0 Å². The van der Waals surface area contributed by atoms with Gasteiger partial charge in [0.05, 0.1) is 0 Å². The van der Waals surface area contributed by atoms with Crippen molar-refractivity contribution in [2.24, 2.45) is 0 Å². The van der Waals surface area contributed by atoms with Crippen LogP contribution in [0.15, 0.2) is 0 Å². The van der Waals surface area contributed by atoms with E-state index in [0.717, 1.165) is 0 Å². The summed E-state index contributed by atoms with van der Waals surface area (Å²) >= 11 is 0. The van der Waals surface area contributed by atoms with E-state index < -0.39 is 48.9 Å². The quantitative estimate of drug-likeness (QED) is 0.264. The second-order valence-corrected chi connectivity index (χ2v) is 32.1. The van der Waals surface area contributed by atoms with E-state index >= 15 is 0 Å². The number of rotatable bonds is 10. The van der Waals surface area contributed by atoms with Crippen molar-refractivity contribution in [3.8, 4) is 0 Å². The molecule has 13 heteroatoms. The van der Waals surface area contributed by atoms with Gasteiger partial charge in [0.1, 0.15) is 0 Å². The van der Waals surface area contributed by atoms with Gasteiger partial charge in [-0.1, -0.05) is 0 Å². The zero-order valence-electron chi connectivity index (χ0n) is 17.8. The van der Waals surface area contributed by atoms with Crippen molar-refractivity contribution < 1.29 is 30.3 Å². The molecular weight excluding hydrogens is 430 g/mol. The largest absolute Gasteiger partial charge is 0.463 e. The molecule has 0 saturated heterocycles. The average molecular weight is 467 g/mol. The summed E-state index contributed by atoms with van der Waals surface area (Å²) in [5.41, 5.74) is 0. The van der Waals surface area contributed by atoms with E-state index in [2.05, 4.69) is 0 Å². The minimum Gasteiger partial charge on any atom is -0.330 e. The summed E-state index contributed by atoms with van der Waals surface area (Å²) in [5.74, 6) is 0. The van der Waals surface area contributed by atoms with Gasteiger partial charge in [-0.3, -0.25) is 0 Å². The fraction of sp³-hybridized carbons (Fsp3) is 1.00. The highest BCUT2D eigenvalue weighted by atomic mass is 31.3. The van der Waals surface area contributed by atoms with Gasteiger partial charge >= 0.3 is 15.6 Å². The lowest BCUT2D eigenvalue weighted by Gasteiger charge is -2.34. The van der Waals surface area contributed by atoms with E-state index in [4.69, 9.17) is 21.2 Å². The summed E-state index contributed by atoms with van der Waals surface area (Å²) in [6, 6.07) is 0. The van der Waals surface area contributed by atoms with Crippen LogP contribution in [-0.4, -0.2) is 33.3 Å². The summed E-state index contributed by atoms with van der Waals surface area (Å²) < 4.78 is 55.0. The highest BCUT2D eigenvalue weighted by Gasteiger charge is 2.48. The third-order valence-electron chi connectivity index (χ3n) is 1.74. The van der Waals surface area contributed by atoms with E-state index in [1.54, 1.807) is 0 Å². The van der Waals surface area contributed by atoms with Crippen LogP contribution >= 0.6 is 15.6 Å². The van der Waals surface area contributed by atoms with Gasteiger partial charge in [-0.2, -0.15) is 4.31 Å². The lowest BCUT2D eigenvalue weighted by Crippen LogP contribution is -2.33. The van der Waals surface area contributed by atoms with E-state index in [-0.39, 0.29) is 0 Å². The predicted octanol–water partition coefficient (Wildman–Crippen LogP) is 6.63. The zero-order valence-corrected chi connectivity index (χ0v) is 23.5. The van der Waals surface area contributed by atoms with Gasteiger partial charge in [0.2, 0.25) is 0 Å². The van der Waals surface area contributed by atoms with Gasteiger partial charge in [0.25, 0.3) is 0 Å². The topological polar surface area (TPSA) is 80.3 Å². The second kappa shape index (κ2) is 8.24. The fourth-order valence-corrected chi connectivity index (χ4v) is 16.0. The van der Waals surface area contributed by atoms with Gasteiger partial charge in [-0.05, 0) is 78.6 Å². The lowest BCUT2D eigenvalue weighted by atomic mass is 11.8. The summed E-state index contributed by atoms with van der Waals surface area (Å²) in [6.07, 6.45) is 0. The highest BCUT2D eigenvalue weighted by molar-refractivity contribution is 7.65. The predicted molar refractivity (Wildman–Crippen MR) is 114 cm³/mol. The first-order valence-electron chi connectivity index (χ1n) is 8.28. The maximum Gasteiger partial charge on any atom is 0.463 e. The molecule has 0 unspecified atom stereocenters. The first-order chi connectivity index (χ1) is 10.5. The molecule has 0 bridgehead atoms. The van der Waals surface area contributed by atoms with Crippen molar-refractivity contribution in [2.45, 2.75) is 78.6 Å². The standard InChI is InChI=1S/C12H36O7P2Si4/c1-22(2,3)16-20(13,17-23(4,5)6)15-21(14,18-24(7,8)9)19-25(10,11)12/h1-12H3. The van der Waals surface area contributed by atoms with Crippen molar-refractivity contribution in [1.29, 1.82) is 0 Å². The SMILES string of the molecule is C[Si](C)(C)OP(=O)(O[Si](C)(C)C)OP(=O)(O[Si](C)(C)C)O[Si](C)(C)C. The molecule has 0 aromatic rings. The Balaban J connectivity index is 5.89. The Morgan fingerprint density at radius 3 is 0.720 bits per heavy atom. The molecule has 0 N–H and O–H groups in total. The second-order valence-electron chi connectivity index (χ2n) is 9.79. The normalized spacial score (nSPS) is 15.5. The number of hydrogen-bond donors (Lipinski definition) is 0. The molecule has 0 spiro atoms. The molecule has 7 nitrogen and oxygen atoms in total. The van der Waals surface area contributed by atoms with Crippen LogP contribution in [0.5, 0.6) is 0 Å². The van der Waals surface area contributed by atoms with Crippen molar-refractivity contribution in [3.05, 3.63) is 0 Å². The first kappa shape index (κ1) is 26.1. The van der Waals surface area contributed by atoms with Crippen molar-refractivity contribution >= 4 is 48.9 Å². The minimum absolute atomic E-state index is 1.86. The van der Waals surface area contributed by atoms with Gasteiger partial charge < -0.3 is 16.9 Å². The molecule has 25 heavy (non-hydrogen) atoms. The molecule has 0 heterocycles. The Hall–Kier alpha value is 1.13. The monoisotopic (exact) mass is 466 g/mol. The molecule has 0 atom stereocenters. The molecule has 0 aromatic heterocycles. The average Bonchev–Trinajstić information content (AvgIpc) is 1.97. The van der Waals surface area contributed by atoms with E-state index in [1.807, 2.05) is 78.6 Å².